The van der Waals surface area contributed by atoms with E-state index in [1.807, 2.05) is 29.7 Å². The van der Waals surface area contributed by atoms with Gasteiger partial charge in [-0.25, -0.2) is 0 Å². The summed E-state index contributed by atoms with van der Waals surface area (Å²) in [7, 11) is 3.18. The summed E-state index contributed by atoms with van der Waals surface area (Å²) < 4.78 is 18.0. The van der Waals surface area contributed by atoms with E-state index in [1.54, 1.807) is 32.4 Å². The number of nitrogens with zero attached hydrogens (tertiary/aromatic N) is 3. The number of thioether (sulfide) groups is 1. The third-order valence-corrected chi connectivity index (χ3v) is 5.38. The molecule has 0 fully saturated rings. The molecule has 1 heterocycles. The van der Waals surface area contributed by atoms with Gasteiger partial charge in [0.15, 0.2) is 16.7 Å². The minimum atomic E-state index is -0.148. The SMILES string of the molecule is COCCOc1cc(NC(=O)CSc2nnc(C)n2Cc2ccccc2)ccc1OC. The summed E-state index contributed by atoms with van der Waals surface area (Å²) in [4.78, 5) is 12.5. The van der Waals surface area contributed by atoms with Gasteiger partial charge in [-0.2, -0.15) is 0 Å². The van der Waals surface area contributed by atoms with Crippen LogP contribution in [0.3, 0.4) is 0 Å². The number of benzene rings is 2. The number of aromatic nitrogens is 3. The summed E-state index contributed by atoms with van der Waals surface area (Å²) in [6, 6.07) is 15.3. The van der Waals surface area contributed by atoms with Gasteiger partial charge >= 0.3 is 0 Å². The van der Waals surface area contributed by atoms with Gasteiger partial charge in [-0.1, -0.05) is 42.1 Å². The maximum Gasteiger partial charge on any atom is 0.234 e. The summed E-state index contributed by atoms with van der Waals surface area (Å²) in [5.74, 6) is 2.00. The molecular formula is C22H26N4O4S. The Kier molecular flexibility index (Phi) is 8.31. The Morgan fingerprint density at radius 3 is 2.61 bits per heavy atom. The smallest absolute Gasteiger partial charge is 0.234 e. The molecular weight excluding hydrogens is 416 g/mol. The van der Waals surface area contributed by atoms with Crippen molar-refractivity contribution in [3.05, 3.63) is 59.9 Å². The molecule has 164 valence electrons. The fourth-order valence-electron chi connectivity index (χ4n) is 2.85. The molecule has 9 heteroatoms. The zero-order valence-corrected chi connectivity index (χ0v) is 18.6. The van der Waals surface area contributed by atoms with E-state index in [1.165, 1.54) is 11.8 Å². The van der Waals surface area contributed by atoms with E-state index in [4.69, 9.17) is 14.2 Å². The van der Waals surface area contributed by atoms with Crippen molar-refractivity contribution in [2.24, 2.45) is 0 Å². The maximum atomic E-state index is 12.5. The lowest BCUT2D eigenvalue weighted by atomic mass is 10.2. The van der Waals surface area contributed by atoms with E-state index in [-0.39, 0.29) is 11.7 Å². The van der Waals surface area contributed by atoms with Crippen LogP contribution in [0.5, 0.6) is 11.5 Å². The highest BCUT2D eigenvalue weighted by Crippen LogP contribution is 2.30. The van der Waals surface area contributed by atoms with E-state index < -0.39 is 0 Å². The first-order valence-electron chi connectivity index (χ1n) is 9.77. The summed E-state index contributed by atoms with van der Waals surface area (Å²) in [6.07, 6.45) is 0. The number of ether oxygens (including phenoxy) is 3. The van der Waals surface area contributed by atoms with Crippen LogP contribution in [0.25, 0.3) is 0 Å². The van der Waals surface area contributed by atoms with Crippen LogP contribution in [0.15, 0.2) is 53.7 Å². The Labute approximate surface area is 185 Å². The maximum absolute atomic E-state index is 12.5. The summed E-state index contributed by atoms with van der Waals surface area (Å²) in [6.45, 7) is 3.41. The highest BCUT2D eigenvalue weighted by Gasteiger charge is 2.13. The zero-order valence-electron chi connectivity index (χ0n) is 17.8. The van der Waals surface area contributed by atoms with Gasteiger partial charge < -0.3 is 24.1 Å². The third-order valence-electron chi connectivity index (χ3n) is 4.41. The largest absolute Gasteiger partial charge is 0.493 e. The van der Waals surface area contributed by atoms with Crippen LogP contribution in [0, 0.1) is 6.92 Å². The van der Waals surface area contributed by atoms with Gasteiger partial charge in [-0.15, -0.1) is 10.2 Å². The van der Waals surface area contributed by atoms with Gasteiger partial charge in [-0.3, -0.25) is 4.79 Å². The first-order valence-corrected chi connectivity index (χ1v) is 10.8. The molecule has 0 bridgehead atoms. The van der Waals surface area contributed by atoms with E-state index >= 15 is 0 Å². The molecule has 0 aliphatic carbocycles. The molecule has 0 saturated carbocycles. The molecule has 1 N–H and O–H groups in total. The summed E-state index contributed by atoms with van der Waals surface area (Å²) in [5.41, 5.74) is 1.77. The Bertz CT molecular complexity index is 994. The van der Waals surface area contributed by atoms with Crippen LogP contribution < -0.4 is 14.8 Å². The molecule has 1 amide bonds. The minimum absolute atomic E-state index is 0.148. The molecule has 3 aromatic rings. The average Bonchev–Trinajstić information content (AvgIpc) is 3.12. The predicted octanol–water partition coefficient (Wildman–Crippen LogP) is 3.40. The fourth-order valence-corrected chi connectivity index (χ4v) is 3.63. The minimum Gasteiger partial charge on any atom is -0.493 e. The van der Waals surface area contributed by atoms with Crippen LogP contribution in [0.4, 0.5) is 5.69 Å². The average molecular weight is 443 g/mol. The predicted molar refractivity (Wildman–Crippen MR) is 120 cm³/mol. The number of hydrogen-bond donors (Lipinski definition) is 1. The fraction of sp³-hybridized carbons (Fsp3) is 0.318. The Hall–Kier alpha value is -3.04. The van der Waals surface area contributed by atoms with E-state index in [2.05, 4.69) is 27.6 Å². The van der Waals surface area contributed by atoms with Crippen molar-refractivity contribution in [3.63, 3.8) is 0 Å². The van der Waals surface area contributed by atoms with Crippen molar-refractivity contribution in [1.29, 1.82) is 0 Å². The standard InChI is InChI=1S/C22H26N4O4S/c1-16-24-25-22(26(16)14-17-7-5-4-6-8-17)31-15-21(27)23-18-9-10-19(29-3)20(13-18)30-12-11-28-2/h4-10,13H,11-12,14-15H2,1-3H3,(H,23,27). The Morgan fingerprint density at radius 1 is 1.06 bits per heavy atom. The first-order chi connectivity index (χ1) is 15.1. The van der Waals surface area contributed by atoms with Crippen LogP contribution in [0.2, 0.25) is 0 Å². The van der Waals surface area contributed by atoms with Gasteiger partial charge in [0.25, 0.3) is 0 Å². The van der Waals surface area contributed by atoms with Crippen molar-refractivity contribution in [1.82, 2.24) is 14.8 Å². The topological polar surface area (TPSA) is 87.5 Å². The zero-order chi connectivity index (χ0) is 22.1. The summed E-state index contributed by atoms with van der Waals surface area (Å²) in [5, 5.41) is 12.0. The van der Waals surface area contributed by atoms with Crippen molar-refractivity contribution in [2.45, 2.75) is 18.6 Å². The quantitative estimate of drug-likeness (QED) is 0.360. The van der Waals surface area contributed by atoms with Crippen LogP contribution in [-0.4, -0.2) is 53.9 Å². The van der Waals surface area contributed by atoms with Crippen LogP contribution in [0.1, 0.15) is 11.4 Å². The monoisotopic (exact) mass is 442 g/mol. The number of carbonyl (C=O) groups excluding carboxylic acids is 1. The number of methoxy groups -OCH3 is 2. The molecule has 0 unspecified atom stereocenters. The van der Waals surface area contributed by atoms with Gasteiger partial charge in [0.2, 0.25) is 5.91 Å². The molecule has 1 aromatic heterocycles. The number of rotatable bonds is 11. The van der Waals surface area contributed by atoms with Crippen molar-refractivity contribution < 1.29 is 19.0 Å². The summed E-state index contributed by atoms with van der Waals surface area (Å²) >= 11 is 1.35. The number of amides is 1. The Morgan fingerprint density at radius 2 is 1.87 bits per heavy atom. The molecule has 0 aliphatic rings. The van der Waals surface area contributed by atoms with E-state index in [0.29, 0.717) is 42.1 Å². The molecule has 2 aromatic carbocycles. The second-order valence-electron chi connectivity index (χ2n) is 6.65. The van der Waals surface area contributed by atoms with Crippen molar-refractivity contribution >= 4 is 23.4 Å². The first kappa shape index (κ1) is 22.6. The molecule has 31 heavy (non-hydrogen) atoms. The Balaban J connectivity index is 1.60. The number of aryl methyl sites for hydroxylation is 1. The van der Waals surface area contributed by atoms with E-state index in [0.717, 1.165) is 11.4 Å². The van der Waals surface area contributed by atoms with Crippen molar-refractivity contribution in [2.75, 3.05) is 38.5 Å². The van der Waals surface area contributed by atoms with Gasteiger partial charge in [0, 0.05) is 18.9 Å². The number of anilines is 1. The number of carbonyl (C=O) groups is 1. The molecule has 0 saturated heterocycles. The number of nitrogens with one attached hydrogen (secondary N) is 1. The highest BCUT2D eigenvalue weighted by molar-refractivity contribution is 7.99. The molecule has 0 atom stereocenters. The van der Waals surface area contributed by atoms with Gasteiger partial charge in [-0.05, 0) is 24.6 Å². The second kappa shape index (κ2) is 11.4. The molecule has 0 radical (unpaired) electrons. The lowest BCUT2D eigenvalue weighted by Gasteiger charge is -2.13. The lowest BCUT2D eigenvalue weighted by Crippen LogP contribution is -2.15. The van der Waals surface area contributed by atoms with Crippen molar-refractivity contribution in [3.8, 4) is 11.5 Å². The normalized spacial score (nSPS) is 10.7. The molecule has 3 rings (SSSR count). The van der Waals surface area contributed by atoms with Crippen LogP contribution >= 0.6 is 11.8 Å². The highest BCUT2D eigenvalue weighted by atomic mass is 32.2. The number of hydrogen-bond acceptors (Lipinski definition) is 7. The molecule has 0 spiro atoms. The van der Waals surface area contributed by atoms with E-state index in [9.17, 15) is 4.79 Å². The lowest BCUT2D eigenvalue weighted by molar-refractivity contribution is -0.113. The van der Waals surface area contributed by atoms with Crippen LogP contribution in [-0.2, 0) is 16.1 Å². The molecule has 0 aliphatic heterocycles. The van der Waals surface area contributed by atoms with Gasteiger partial charge in [0.1, 0.15) is 12.4 Å². The molecule has 8 nitrogen and oxygen atoms in total. The van der Waals surface area contributed by atoms with Gasteiger partial charge in [0.05, 0.1) is 26.0 Å². The third kappa shape index (κ3) is 6.47. The second-order valence-corrected chi connectivity index (χ2v) is 7.59.